The van der Waals surface area contributed by atoms with Crippen molar-refractivity contribution in [3.05, 3.63) is 57.3 Å². The van der Waals surface area contributed by atoms with E-state index in [1.807, 2.05) is 13.8 Å². The van der Waals surface area contributed by atoms with Crippen molar-refractivity contribution in [2.75, 3.05) is 5.32 Å². The number of pyridine rings is 1. The Hall–Kier alpha value is -2.36. The first-order chi connectivity index (χ1) is 14.0. The van der Waals surface area contributed by atoms with Crippen LogP contribution in [0.4, 0.5) is 24.1 Å². The van der Waals surface area contributed by atoms with E-state index in [1.165, 1.54) is 11.3 Å². The van der Waals surface area contributed by atoms with Crippen LogP contribution >= 0.6 is 34.5 Å². The number of benzene rings is 1. The van der Waals surface area contributed by atoms with Gasteiger partial charge in [-0.05, 0) is 24.1 Å². The van der Waals surface area contributed by atoms with Crippen LogP contribution in [0.25, 0.3) is 10.4 Å². The van der Waals surface area contributed by atoms with Crippen LogP contribution in [-0.4, -0.2) is 21.0 Å². The Kier molecular flexibility index (Phi) is 7.57. The lowest BCUT2D eigenvalue weighted by atomic mass is 10.1. The average molecular weight is 492 g/mol. The number of thiazole rings is 1. The first kappa shape index (κ1) is 24.9. The summed E-state index contributed by atoms with van der Waals surface area (Å²) < 4.78 is 38.7. The topological polar surface area (TPSA) is 75.1 Å². The Bertz CT molecular complexity index is 1120. The van der Waals surface area contributed by atoms with E-state index >= 15 is 0 Å². The molecule has 0 fully saturated rings. The molecule has 0 unspecified atom stereocenters. The molecular formula is C20H18Cl2F3N3O2S. The molecule has 0 saturated heterocycles. The van der Waals surface area contributed by atoms with E-state index < -0.39 is 23.3 Å². The molecule has 166 valence electrons. The average Bonchev–Trinajstić information content (AvgIpc) is 3.04. The van der Waals surface area contributed by atoms with Gasteiger partial charge in [-0.25, -0.2) is 14.8 Å². The van der Waals surface area contributed by atoms with Gasteiger partial charge in [-0.15, -0.1) is 0 Å². The molecule has 0 atom stereocenters. The summed E-state index contributed by atoms with van der Waals surface area (Å²) in [4.78, 5) is 20.3. The molecule has 0 amide bonds. The van der Waals surface area contributed by atoms with E-state index in [-0.39, 0.29) is 24.3 Å². The molecule has 5 nitrogen and oxygen atoms in total. The third-order valence-electron chi connectivity index (χ3n) is 4.05. The third kappa shape index (κ3) is 5.47. The predicted octanol–water partition coefficient (Wildman–Crippen LogP) is 7.73. The summed E-state index contributed by atoms with van der Waals surface area (Å²) in [6.45, 7) is 3.84. The summed E-state index contributed by atoms with van der Waals surface area (Å²) in [5, 5.41) is 13.2. The summed E-state index contributed by atoms with van der Waals surface area (Å²) >= 11 is 13.5. The lowest BCUT2D eigenvalue weighted by Crippen LogP contribution is -2.11. The zero-order chi connectivity index (χ0) is 22.2. The number of aromatic nitrogens is 2. The zero-order valence-electron chi connectivity index (χ0n) is 15.5. The van der Waals surface area contributed by atoms with Gasteiger partial charge < -0.3 is 10.4 Å². The molecule has 2 N–H and O–H groups in total. The number of nitrogens with zero attached hydrogens (tertiary/aromatic N) is 2. The number of carbonyl (C=O) groups is 1. The van der Waals surface area contributed by atoms with Crippen molar-refractivity contribution in [3.8, 4) is 10.4 Å². The maximum absolute atomic E-state index is 12.9. The van der Waals surface area contributed by atoms with Gasteiger partial charge in [0.15, 0.2) is 5.13 Å². The Labute approximate surface area is 190 Å². The van der Waals surface area contributed by atoms with Gasteiger partial charge in [-0.1, -0.05) is 61.9 Å². The molecule has 2 aromatic heterocycles. The Balaban J connectivity index is 0.00000341. The predicted molar refractivity (Wildman–Crippen MR) is 118 cm³/mol. The quantitative estimate of drug-likeness (QED) is 0.381. The van der Waals surface area contributed by atoms with Gasteiger partial charge in [0, 0.05) is 16.8 Å². The highest BCUT2D eigenvalue weighted by Crippen LogP contribution is 2.41. The second-order valence-corrected chi connectivity index (χ2v) is 8.40. The minimum absolute atomic E-state index is 0. The van der Waals surface area contributed by atoms with Crippen molar-refractivity contribution < 1.29 is 23.1 Å². The fraction of sp³-hybridized carbons (Fsp3) is 0.250. The molecule has 31 heavy (non-hydrogen) atoms. The second kappa shape index (κ2) is 9.42. The molecule has 0 aliphatic heterocycles. The Morgan fingerprint density at radius 1 is 1.23 bits per heavy atom. The van der Waals surface area contributed by atoms with Crippen LogP contribution in [-0.2, 0) is 6.18 Å². The van der Waals surface area contributed by atoms with Crippen LogP contribution in [0.5, 0.6) is 0 Å². The number of anilines is 2. The molecule has 1 aromatic carbocycles. The van der Waals surface area contributed by atoms with E-state index in [1.54, 1.807) is 18.2 Å². The van der Waals surface area contributed by atoms with Crippen LogP contribution in [0.2, 0.25) is 10.0 Å². The molecule has 2 heterocycles. The van der Waals surface area contributed by atoms with Crippen LogP contribution in [0, 0.1) is 0 Å². The lowest BCUT2D eigenvalue weighted by Gasteiger charge is -2.10. The van der Waals surface area contributed by atoms with Crippen molar-refractivity contribution in [2.24, 2.45) is 0 Å². The Morgan fingerprint density at radius 2 is 1.90 bits per heavy atom. The summed E-state index contributed by atoms with van der Waals surface area (Å²) in [6, 6.07) is 5.55. The smallest absolute Gasteiger partial charge is 0.417 e. The van der Waals surface area contributed by atoms with Gasteiger partial charge in [0.1, 0.15) is 11.4 Å². The highest BCUT2D eigenvalue weighted by Gasteiger charge is 2.33. The molecule has 0 bridgehead atoms. The van der Waals surface area contributed by atoms with Crippen molar-refractivity contribution in [1.29, 1.82) is 0 Å². The molecule has 3 aromatic rings. The van der Waals surface area contributed by atoms with Crippen molar-refractivity contribution in [3.63, 3.8) is 0 Å². The molecule has 0 aliphatic rings. The van der Waals surface area contributed by atoms with E-state index in [0.29, 0.717) is 33.6 Å². The largest absolute Gasteiger partial charge is 0.478 e. The summed E-state index contributed by atoms with van der Waals surface area (Å²) in [7, 11) is 0. The van der Waals surface area contributed by atoms with E-state index in [9.17, 15) is 23.1 Å². The zero-order valence-corrected chi connectivity index (χ0v) is 17.8. The normalized spacial score (nSPS) is 11.4. The number of aromatic carboxylic acids is 1. The van der Waals surface area contributed by atoms with Gasteiger partial charge in [-0.3, -0.25) is 0 Å². The third-order valence-corrected chi connectivity index (χ3v) is 5.61. The summed E-state index contributed by atoms with van der Waals surface area (Å²) in [5.74, 6) is -1.79. The van der Waals surface area contributed by atoms with E-state index in [4.69, 9.17) is 23.2 Å². The molecule has 0 radical (unpaired) electrons. The highest BCUT2D eigenvalue weighted by molar-refractivity contribution is 7.19. The standard InChI is InChI=1S/C19H14Cl2F3N3O2S.CH4/c1-8(2)14-15(11-4-3-10(20)6-13(11)21)30-18(26-14)27-16-12(17(28)29)5-9(7-25-16)19(22,23)24;/h3-8H,1-2H3,(H,28,29)(H,25,26,27);1H4. The molecule has 0 aliphatic carbocycles. The van der Waals surface area contributed by atoms with Gasteiger partial charge in [0.2, 0.25) is 0 Å². The van der Waals surface area contributed by atoms with Crippen LogP contribution in [0.3, 0.4) is 0 Å². The maximum atomic E-state index is 12.9. The highest BCUT2D eigenvalue weighted by atomic mass is 35.5. The first-order valence-electron chi connectivity index (χ1n) is 8.51. The molecule has 11 heteroatoms. The number of hydrogen-bond donors (Lipinski definition) is 2. The van der Waals surface area contributed by atoms with Gasteiger partial charge in [0.25, 0.3) is 0 Å². The first-order valence-corrected chi connectivity index (χ1v) is 10.1. The summed E-state index contributed by atoms with van der Waals surface area (Å²) in [5.41, 5.74) is -0.386. The molecule has 3 rings (SSSR count). The Morgan fingerprint density at radius 3 is 2.45 bits per heavy atom. The number of carboxylic acids is 1. The van der Waals surface area contributed by atoms with Crippen LogP contribution in [0.15, 0.2) is 30.5 Å². The molecular weight excluding hydrogens is 474 g/mol. The van der Waals surface area contributed by atoms with Crippen LogP contribution in [0.1, 0.15) is 48.8 Å². The van der Waals surface area contributed by atoms with Crippen molar-refractivity contribution in [1.82, 2.24) is 9.97 Å². The lowest BCUT2D eigenvalue weighted by molar-refractivity contribution is -0.137. The molecule has 0 spiro atoms. The van der Waals surface area contributed by atoms with Crippen molar-refractivity contribution in [2.45, 2.75) is 33.4 Å². The fourth-order valence-corrected chi connectivity index (χ4v) is 4.34. The van der Waals surface area contributed by atoms with E-state index in [0.717, 1.165) is 4.88 Å². The number of rotatable bonds is 5. The molecule has 0 saturated carbocycles. The number of carboxylic acid groups (broad SMARTS) is 1. The number of halogens is 5. The second-order valence-electron chi connectivity index (χ2n) is 6.56. The van der Waals surface area contributed by atoms with Crippen LogP contribution < -0.4 is 5.32 Å². The number of hydrogen-bond acceptors (Lipinski definition) is 5. The van der Waals surface area contributed by atoms with Crippen molar-refractivity contribution >= 4 is 51.5 Å². The number of alkyl halides is 3. The number of nitrogens with one attached hydrogen (secondary N) is 1. The van der Waals surface area contributed by atoms with Gasteiger partial charge in [-0.2, -0.15) is 13.2 Å². The summed E-state index contributed by atoms with van der Waals surface area (Å²) in [6.07, 6.45) is -4.14. The van der Waals surface area contributed by atoms with Gasteiger partial charge in [0.05, 0.1) is 21.2 Å². The SMILES string of the molecule is C.CC(C)c1nc(Nc2ncc(C(F)(F)F)cc2C(=O)O)sc1-c1ccc(Cl)cc1Cl. The minimum Gasteiger partial charge on any atom is -0.478 e. The fourth-order valence-electron chi connectivity index (χ4n) is 2.63. The van der Waals surface area contributed by atoms with Gasteiger partial charge >= 0.3 is 12.1 Å². The minimum atomic E-state index is -4.71. The monoisotopic (exact) mass is 491 g/mol. The van der Waals surface area contributed by atoms with E-state index in [2.05, 4.69) is 15.3 Å². The maximum Gasteiger partial charge on any atom is 0.417 e.